The molecule has 0 spiro atoms. The van der Waals surface area contributed by atoms with Crippen LogP contribution in [0.5, 0.6) is 5.75 Å². The van der Waals surface area contributed by atoms with Gasteiger partial charge in [-0.25, -0.2) is 4.79 Å². The van der Waals surface area contributed by atoms with E-state index >= 15 is 0 Å². The van der Waals surface area contributed by atoms with E-state index in [9.17, 15) is 4.79 Å². The topological polar surface area (TPSA) is 42.0 Å². The summed E-state index contributed by atoms with van der Waals surface area (Å²) in [6.45, 7) is 9.22. The summed E-state index contributed by atoms with van der Waals surface area (Å²) in [5, 5.41) is 0. The quantitative estimate of drug-likeness (QED) is 0.856. The molecule has 0 N–H and O–H groups in total. The van der Waals surface area contributed by atoms with Crippen LogP contribution in [0.1, 0.15) is 20.8 Å². The highest BCUT2D eigenvalue weighted by atomic mass is 16.6. The number of ether oxygens (including phenoxy) is 2. The molecule has 1 aromatic carbocycles. The van der Waals surface area contributed by atoms with Gasteiger partial charge in [0.15, 0.2) is 0 Å². The number of carbonyl (C=O) groups is 1. The Morgan fingerprint density at radius 2 is 1.86 bits per heavy atom. The Morgan fingerprint density at radius 1 is 1.19 bits per heavy atom. The lowest BCUT2D eigenvalue weighted by atomic mass is 10.2. The fraction of sp³-hybridized carbons (Fsp3) is 0.562. The van der Waals surface area contributed by atoms with Crippen molar-refractivity contribution in [3.8, 4) is 5.75 Å². The molecule has 1 aliphatic heterocycles. The van der Waals surface area contributed by atoms with Crippen LogP contribution in [0.4, 0.5) is 10.5 Å². The standard InChI is InChI=1S/C16H24N2O3/c1-4-20-16(19)18-11-9-17(10-12-18)14-7-5-6-8-15(14)21-13(2)3/h5-8,13H,4,9-12H2,1-3H3. The van der Waals surface area contributed by atoms with Gasteiger partial charge in [0.05, 0.1) is 18.4 Å². The molecular formula is C16H24N2O3. The number of carbonyl (C=O) groups excluding carboxylic acids is 1. The van der Waals surface area contributed by atoms with Gasteiger partial charge in [0.25, 0.3) is 0 Å². The zero-order valence-electron chi connectivity index (χ0n) is 13.0. The number of para-hydroxylation sites is 2. The third-order valence-corrected chi connectivity index (χ3v) is 3.37. The Bertz CT molecular complexity index is 468. The monoisotopic (exact) mass is 292 g/mol. The molecule has 1 heterocycles. The van der Waals surface area contributed by atoms with E-state index in [1.165, 1.54) is 0 Å². The molecule has 0 bridgehead atoms. The van der Waals surface area contributed by atoms with Crippen molar-refractivity contribution in [3.05, 3.63) is 24.3 Å². The fourth-order valence-corrected chi connectivity index (χ4v) is 2.42. The first-order chi connectivity index (χ1) is 10.1. The summed E-state index contributed by atoms with van der Waals surface area (Å²) < 4.78 is 10.9. The van der Waals surface area contributed by atoms with Gasteiger partial charge < -0.3 is 19.3 Å². The van der Waals surface area contributed by atoms with E-state index in [1.807, 2.05) is 39.0 Å². The van der Waals surface area contributed by atoms with Crippen LogP contribution < -0.4 is 9.64 Å². The minimum Gasteiger partial charge on any atom is -0.489 e. The van der Waals surface area contributed by atoms with Crippen molar-refractivity contribution in [2.45, 2.75) is 26.9 Å². The van der Waals surface area contributed by atoms with Gasteiger partial charge in [0, 0.05) is 26.2 Å². The number of hydrogen-bond donors (Lipinski definition) is 0. The summed E-state index contributed by atoms with van der Waals surface area (Å²) in [5.74, 6) is 0.900. The van der Waals surface area contributed by atoms with Crippen LogP contribution in [-0.2, 0) is 4.74 Å². The van der Waals surface area contributed by atoms with Crippen LogP contribution in [0, 0.1) is 0 Å². The van der Waals surface area contributed by atoms with E-state index in [1.54, 1.807) is 4.90 Å². The minimum atomic E-state index is -0.219. The average Bonchev–Trinajstić information content (AvgIpc) is 2.48. The number of benzene rings is 1. The van der Waals surface area contributed by atoms with E-state index in [2.05, 4.69) is 11.0 Å². The van der Waals surface area contributed by atoms with Crippen molar-refractivity contribution in [1.29, 1.82) is 0 Å². The molecule has 5 nitrogen and oxygen atoms in total. The van der Waals surface area contributed by atoms with Crippen molar-refractivity contribution in [2.75, 3.05) is 37.7 Å². The third-order valence-electron chi connectivity index (χ3n) is 3.37. The molecule has 0 atom stereocenters. The van der Waals surface area contributed by atoms with E-state index in [-0.39, 0.29) is 12.2 Å². The van der Waals surface area contributed by atoms with Crippen LogP contribution in [0.2, 0.25) is 0 Å². The van der Waals surface area contributed by atoms with Gasteiger partial charge in [-0.2, -0.15) is 0 Å². The van der Waals surface area contributed by atoms with E-state index in [0.717, 1.165) is 24.5 Å². The zero-order chi connectivity index (χ0) is 15.2. The van der Waals surface area contributed by atoms with Gasteiger partial charge in [-0.1, -0.05) is 12.1 Å². The van der Waals surface area contributed by atoms with Gasteiger partial charge in [-0.3, -0.25) is 0 Å². The predicted molar refractivity (Wildman–Crippen MR) is 83.0 cm³/mol. The molecule has 1 fully saturated rings. The van der Waals surface area contributed by atoms with E-state index in [4.69, 9.17) is 9.47 Å². The average molecular weight is 292 g/mol. The summed E-state index contributed by atoms with van der Waals surface area (Å²) in [6, 6.07) is 8.06. The Balaban J connectivity index is 2.00. The summed E-state index contributed by atoms with van der Waals surface area (Å²) >= 11 is 0. The Morgan fingerprint density at radius 3 is 2.48 bits per heavy atom. The summed E-state index contributed by atoms with van der Waals surface area (Å²) in [5.41, 5.74) is 1.09. The Labute approximate surface area is 126 Å². The second kappa shape index (κ2) is 7.20. The van der Waals surface area contributed by atoms with Gasteiger partial charge in [0.1, 0.15) is 5.75 Å². The van der Waals surface area contributed by atoms with Crippen LogP contribution in [0.3, 0.4) is 0 Å². The number of amides is 1. The first kappa shape index (κ1) is 15.5. The van der Waals surface area contributed by atoms with E-state index in [0.29, 0.717) is 19.7 Å². The second-order valence-electron chi connectivity index (χ2n) is 5.31. The number of nitrogens with zero attached hydrogens (tertiary/aromatic N) is 2. The van der Waals surface area contributed by atoms with Crippen molar-refractivity contribution in [1.82, 2.24) is 4.90 Å². The summed E-state index contributed by atoms with van der Waals surface area (Å²) in [7, 11) is 0. The highest BCUT2D eigenvalue weighted by Crippen LogP contribution is 2.29. The van der Waals surface area contributed by atoms with Crippen molar-refractivity contribution in [2.24, 2.45) is 0 Å². The molecular weight excluding hydrogens is 268 g/mol. The maximum Gasteiger partial charge on any atom is 0.409 e. The van der Waals surface area contributed by atoms with Gasteiger partial charge in [0.2, 0.25) is 0 Å². The van der Waals surface area contributed by atoms with E-state index < -0.39 is 0 Å². The first-order valence-corrected chi connectivity index (χ1v) is 7.54. The molecule has 1 saturated heterocycles. The SMILES string of the molecule is CCOC(=O)N1CCN(c2ccccc2OC(C)C)CC1. The summed E-state index contributed by atoms with van der Waals surface area (Å²) in [6.07, 6.45) is -0.0733. The fourth-order valence-electron chi connectivity index (χ4n) is 2.42. The molecule has 0 radical (unpaired) electrons. The normalized spacial score (nSPS) is 15.2. The highest BCUT2D eigenvalue weighted by Gasteiger charge is 2.23. The van der Waals surface area contributed by atoms with Gasteiger partial charge in [-0.05, 0) is 32.9 Å². The Kier molecular flexibility index (Phi) is 5.31. The highest BCUT2D eigenvalue weighted by molar-refractivity contribution is 5.68. The maximum atomic E-state index is 11.7. The van der Waals surface area contributed by atoms with Crippen molar-refractivity contribution >= 4 is 11.8 Å². The summed E-state index contributed by atoms with van der Waals surface area (Å²) in [4.78, 5) is 15.7. The third kappa shape index (κ3) is 4.03. The molecule has 21 heavy (non-hydrogen) atoms. The molecule has 1 amide bonds. The van der Waals surface area contributed by atoms with Crippen molar-refractivity contribution in [3.63, 3.8) is 0 Å². The molecule has 2 rings (SSSR count). The van der Waals surface area contributed by atoms with Crippen LogP contribution in [-0.4, -0.2) is 49.9 Å². The van der Waals surface area contributed by atoms with Crippen LogP contribution in [0.25, 0.3) is 0 Å². The zero-order valence-corrected chi connectivity index (χ0v) is 13.0. The Hall–Kier alpha value is -1.91. The number of hydrogen-bond acceptors (Lipinski definition) is 4. The van der Waals surface area contributed by atoms with Crippen LogP contribution in [0.15, 0.2) is 24.3 Å². The molecule has 0 unspecified atom stereocenters. The maximum absolute atomic E-state index is 11.7. The minimum absolute atomic E-state index is 0.145. The van der Waals surface area contributed by atoms with Crippen molar-refractivity contribution < 1.29 is 14.3 Å². The number of rotatable bonds is 4. The molecule has 116 valence electrons. The second-order valence-corrected chi connectivity index (χ2v) is 5.31. The van der Waals surface area contributed by atoms with Crippen LogP contribution >= 0.6 is 0 Å². The first-order valence-electron chi connectivity index (χ1n) is 7.54. The molecule has 1 aromatic rings. The molecule has 5 heteroatoms. The molecule has 1 aliphatic rings. The molecule has 0 saturated carbocycles. The molecule has 0 aromatic heterocycles. The number of anilines is 1. The smallest absolute Gasteiger partial charge is 0.409 e. The number of piperazine rings is 1. The lowest BCUT2D eigenvalue weighted by molar-refractivity contribution is 0.105. The lowest BCUT2D eigenvalue weighted by Crippen LogP contribution is -2.49. The van der Waals surface area contributed by atoms with Gasteiger partial charge >= 0.3 is 6.09 Å². The largest absolute Gasteiger partial charge is 0.489 e. The van der Waals surface area contributed by atoms with Gasteiger partial charge in [-0.15, -0.1) is 0 Å². The predicted octanol–water partition coefficient (Wildman–Crippen LogP) is 2.75. The lowest BCUT2D eigenvalue weighted by Gasteiger charge is -2.36. The molecule has 0 aliphatic carbocycles.